The Morgan fingerprint density at radius 2 is 2.14 bits per heavy atom. The third-order valence-corrected chi connectivity index (χ3v) is 4.62. The van der Waals surface area contributed by atoms with Gasteiger partial charge in [-0.2, -0.15) is 0 Å². The molecule has 0 aromatic rings. The predicted octanol–water partition coefficient (Wildman–Crippen LogP) is 2.85. The number of carbonyl (C=O) groups excluding carboxylic acids is 1. The molecular formula is C17H34N2O2. The Bertz CT molecular complexity index is 320. The van der Waals surface area contributed by atoms with E-state index in [0.717, 1.165) is 51.7 Å². The molecule has 0 saturated heterocycles. The third-order valence-electron chi connectivity index (χ3n) is 4.62. The first-order valence-electron chi connectivity index (χ1n) is 8.59. The number of rotatable bonds is 10. The third kappa shape index (κ3) is 5.26. The summed E-state index contributed by atoms with van der Waals surface area (Å²) in [4.78, 5) is 12.0. The van der Waals surface area contributed by atoms with E-state index >= 15 is 0 Å². The number of primary amides is 1. The van der Waals surface area contributed by atoms with Crippen LogP contribution in [0.2, 0.25) is 0 Å². The van der Waals surface area contributed by atoms with E-state index in [9.17, 15) is 4.79 Å². The van der Waals surface area contributed by atoms with Crippen molar-refractivity contribution in [3.63, 3.8) is 0 Å². The first kappa shape index (κ1) is 18.4. The molecular weight excluding hydrogens is 264 g/mol. The van der Waals surface area contributed by atoms with Crippen molar-refractivity contribution < 1.29 is 9.53 Å². The van der Waals surface area contributed by atoms with Crippen molar-refractivity contribution in [2.24, 2.45) is 17.6 Å². The van der Waals surface area contributed by atoms with Gasteiger partial charge in [-0.05, 0) is 57.4 Å². The zero-order valence-corrected chi connectivity index (χ0v) is 14.3. The summed E-state index contributed by atoms with van der Waals surface area (Å²) >= 11 is 0. The van der Waals surface area contributed by atoms with Gasteiger partial charge in [0.2, 0.25) is 5.91 Å². The Morgan fingerprint density at radius 1 is 1.43 bits per heavy atom. The van der Waals surface area contributed by atoms with Gasteiger partial charge in [-0.3, -0.25) is 4.79 Å². The largest absolute Gasteiger partial charge is 0.378 e. The van der Waals surface area contributed by atoms with E-state index in [1.54, 1.807) is 0 Å². The fourth-order valence-electron chi connectivity index (χ4n) is 3.60. The highest BCUT2D eigenvalue weighted by atomic mass is 16.5. The maximum absolute atomic E-state index is 12.0. The van der Waals surface area contributed by atoms with Crippen molar-refractivity contribution in [3.8, 4) is 0 Å². The lowest BCUT2D eigenvalue weighted by Crippen LogP contribution is -2.58. The van der Waals surface area contributed by atoms with Crippen LogP contribution >= 0.6 is 0 Å². The minimum absolute atomic E-state index is 0.186. The van der Waals surface area contributed by atoms with Gasteiger partial charge in [0.05, 0.1) is 6.10 Å². The molecule has 0 radical (unpaired) electrons. The minimum Gasteiger partial charge on any atom is -0.378 e. The number of nitrogens with one attached hydrogen (secondary N) is 1. The molecule has 21 heavy (non-hydrogen) atoms. The number of hydrogen-bond donors (Lipinski definition) is 2. The molecule has 4 nitrogen and oxygen atoms in total. The summed E-state index contributed by atoms with van der Waals surface area (Å²) in [7, 11) is 0. The lowest BCUT2D eigenvalue weighted by molar-refractivity contribution is -0.126. The van der Waals surface area contributed by atoms with E-state index in [1.165, 1.54) is 0 Å². The van der Waals surface area contributed by atoms with Gasteiger partial charge >= 0.3 is 0 Å². The highest BCUT2D eigenvalue weighted by Crippen LogP contribution is 2.38. The molecule has 0 aromatic carbocycles. The number of amides is 1. The Morgan fingerprint density at radius 3 is 2.71 bits per heavy atom. The summed E-state index contributed by atoms with van der Waals surface area (Å²) in [6, 6.07) is 0. The standard InChI is InChI=1S/C17H34N2O2/c1-5-10-19-17(16(18)20)9-6-7-15(17)8-11-21-14(4)12-13(2)3/h13-15,19H,5-12H2,1-4H3,(H2,18,20). The van der Waals surface area contributed by atoms with Crippen molar-refractivity contribution in [2.45, 2.75) is 77.9 Å². The van der Waals surface area contributed by atoms with Gasteiger partial charge in [-0.1, -0.05) is 27.2 Å². The van der Waals surface area contributed by atoms with Crippen LogP contribution in [0.5, 0.6) is 0 Å². The molecule has 0 spiro atoms. The normalized spacial score (nSPS) is 27.2. The lowest BCUT2D eigenvalue weighted by Gasteiger charge is -2.34. The molecule has 1 rings (SSSR count). The maximum atomic E-state index is 12.0. The highest BCUT2D eigenvalue weighted by molar-refractivity contribution is 5.85. The number of carbonyl (C=O) groups is 1. The first-order chi connectivity index (χ1) is 9.92. The van der Waals surface area contributed by atoms with Crippen LogP contribution in [0.15, 0.2) is 0 Å². The summed E-state index contributed by atoms with van der Waals surface area (Å²) < 4.78 is 5.91. The maximum Gasteiger partial charge on any atom is 0.238 e. The zero-order chi connectivity index (χ0) is 15.9. The van der Waals surface area contributed by atoms with Crippen molar-refractivity contribution in [1.82, 2.24) is 5.32 Å². The van der Waals surface area contributed by atoms with Crippen LogP contribution in [0.1, 0.15) is 66.2 Å². The smallest absolute Gasteiger partial charge is 0.238 e. The molecule has 3 atom stereocenters. The predicted molar refractivity (Wildman–Crippen MR) is 87.0 cm³/mol. The molecule has 0 aromatic heterocycles. The molecule has 1 amide bonds. The average molecular weight is 298 g/mol. The van der Waals surface area contributed by atoms with Crippen LogP contribution in [0, 0.1) is 11.8 Å². The summed E-state index contributed by atoms with van der Waals surface area (Å²) in [6.45, 7) is 10.2. The second-order valence-corrected chi connectivity index (χ2v) is 6.95. The van der Waals surface area contributed by atoms with Crippen molar-refractivity contribution in [3.05, 3.63) is 0 Å². The van der Waals surface area contributed by atoms with Gasteiger partial charge in [0.25, 0.3) is 0 Å². The molecule has 3 unspecified atom stereocenters. The first-order valence-corrected chi connectivity index (χ1v) is 8.59. The van der Waals surface area contributed by atoms with E-state index in [0.29, 0.717) is 11.8 Å². The molecule has 0 aliphatic heterocycles. The van der Waals surface area contributed by atoms with E-state index in [4.69, 9.17) is 10.5 Å². The molecule has 0 bridgehead atoms. The fraction of sp³-hybridized carbons (Fsp3) is 0.941. The van der Waals surface area contributed by atoms with Crippen LogP contribution in [0.4, 0.5) is 0 Å². The van der Waals surface area contributed by atoms with Crippen molar-refractivity contribution >= 4 is 5.91 Å². The molecule has 4 heteroatoms. The number of ether oxygens (including phenoxy) is 1. The van der Waals surface area contributed by atoms with Gasteiger partial charge in [-0.25, -0.2) is 0 Å². The summed E-state index contributed by atoms with van der Waals surface area (Å²) in [5.74, 6) is 0.781. The Kier molecular flexibility index (Phi) is 7.67. The summed E-state index contributed by atoms with van der Waals surface area (Å²) in [6.07, 6.45) is 6.32. The van der Waals surface area contributed by atoms with E-state index in [-0.39, 0.29) is 12.0 Å². The van der Waals surface area contributed by atoms with Crippen LogP contribution in [0.25, 0.3) is 0 Å². The van der Waals surface area contributed by atoms with Gasteiger partial charge < -0.3 is 15.8 Å². The summed E-state index contributed by atoms with van der Waals surface area (Å²) in [5.41, 5.74) is 5.22. The van der Waals surface area contributed by atoms with Crippen molar-refractivity contribution in [1.29, 1.82) is 0 Å². The van der Waals surface area contributed by atoms with Gasteiger partial charge in [0.15, 0.2) is 0 Å². The number of hydrogen-bond acceptors (Lipinski definition) is 3. The molecule has 1 aliphatic carbocycles. The molecule has 1 saturated carbocycles. The van der Waals surface area contributed by atoms with Crippen LogP contribution in [-0.2, 0) is 9.53 Å². The summed E-state index contributed by atoms with van der Waals surface area (Å²) in [5, 5.41) is 3.43. The fourth-order valence-corrected chi connectivity index (χ4v) is 3.60. The Hall–Kier alpha value is -0.610. The van der Waals surface area contributed by atoms with Crippen LogP contribution < -0.4 is 11.1 Å². The van der Waals surface area contributed by atoms with Gasteiger partial charge in [0.1, 0.15) is 5.54 Å². The van der Waals surface area contributed by atoms with Crippen molar-refractivity contribution in [2.75, 3.05) is 13.2 Å². The average Bonchev–Trinajstić information content (AvgIpc) is 2.80. The number of nitrogens with two attached hydrogens (primary N) is 1. The second-order valence-electron chi connectivity index (χ2n) is 6.95. The molecule has 0 heterocycles. The SMILES string of the molecule is CCCNC1(C(N)=O)CCCC1CCOC(C)CC(C)C. The van der Waals surface area contributed by atoms with E-state index in [1.807, 2.05) is 0 Å². The molecule has 124 valence electrons. The van der Waals surface area contributed by atoms with Crippen LogP contribution in [-0.4, -0.2) is 30.7 Å². The van der Waals surface area contributed by atoms with Crippen LogP contribution in [0.3, 0.4) is 0 Å². The van der Waals surface area contributed by atoms with E-state index < -0.39 is 5.54 Å². The van der Waals surface area contributed by atoms with Gasteiger partial charge in [-0.15, -0.1) is 0 Å². The Labute approximate surface area is 130 Å². The van der Waals surface area contributed by atoms with E-state index in [2.05, 4.69) is 33.0 Å². The topological polar surface area (TPSA) is 64.3 Å². The monoisotopic (exact) mass is 298 g/mol. The molecule has 1 fully saturated rings. The quantitative estimate of drug-likeness (QED) is 0.652. The zero-order valence-electron chi connectivity index (χ0n) is 14.3. The van der Waals surface area contributed by atoms with Gasteiger partial charge in [0, 0.05) is 6.61 Å². The molecule has 1 aliphatic rings. The lowest BCUT2D eigenvalue weighted by atomic mass is 9.84. The Balaban J connectivity index is 2.49. The molecule has 3 N–H and O–H groups in total. The highest BCUT2D eigenvalue weighted by Gasteiger charge is 2.46. The second kappa shape index (κ2) is 8.74. The minimum atomic E-state index is -0.499.